The van der Waals surface area contributed by atoms with E-state index in [0.29, 0.717) is 0 Å². The normalized spacial score (nSPS) is 17.7. The smallest absolute Gasteiger partial charge is 0.182 e. The maximum absolute atomic E-state index is 11.8. The van der Waals surface area contributed by atoms with Crippen LogP contribution in [0, 0.1) is 0 Å². The fourth-order valence-corrected chi connectivity index (χ4v) is 2.44. The molecule has 0 aromatic heterocycles. The van der Waals surface area contributed by atoms with Crippen LogP contribution in [0.25, 0.3) is 0 Å². The molecule has 1 aromatic rings. The van der Waals surface area contributed by atoms with E-state index in [9.17, 15) is 4.79 Å². The van der Waals surface area contributed by atoms with Gasteiger partial charge in [0.15, 0.2) is 5.78 Å². The largest absolute Gasteiger partial charge is 0.290 e. The van der Waals surface area contributed by atoms with E-state index in [4.69, 9.17) is 0 Å². The van der Waals surface area contributed by atoms with Gasteiger partial charge in [0.25, 0.3) is 0 Å². The zero-order valence-electron chi connectivity index (χ0n) is 9.73. The minimum Gasteiger partial charge on any atom is -0.290 e. The molecule has 1 aliphatic heterocycles. The highest BCUT2D eigenvalue weighted by atomic mass is 16.1. The summed E-state index contributed by atoms with van der Waals surface area (Å²) in [6.45, 7) is 2.03. The predicted octanol–water partition coefficient (Wildman–Crippen LogP) is 3.16. The van der Waals surface area contributed by atoms with Crippen LogP contribution < -0.4 is 0 Å². The van der Waals surface area contributed by atoms with Crippen molar-refractivity contribution in [2.45, 2.75) is 19.8 Å². The summed E-state index contributed by atoms with van der Waals surface area (Å²) >= 11 is 0. The van der Waals surface area contributed by atoms with Gasteiger partial charge in [0, 0.05) is 12.0 Å². The topological polar surface area (TPSA) is 29.4 Å². The lowest BCUT2D eigenvalue weighted by Crippen LogP contribution is -2.18. The summed E-state index contributed by atoms with van der Waals surface area (Å²) in [5.74, 6) is 0.140. The SMILES string of the molecule is CCC1=C2Cc3ccccc3N=C2C=CC1=O. The highest BCUT2D eigenvalue weighted by molar-refractivity contribution is 6.23. The van der Waals surface area contributed by atoms with Crippen molar-refractivity contribution < 1.29 is 4.79 Å². The Morgan fingerprint density at radius 3 is 2.88 bits per heavy atom. The van der Waals surface area contributed by atoms with E-state index in [0.717, 1.165) is 35.4 Å². The van der Waals surface area contributed by atoms with E-state index in [1.54, 1.807) is 6.08 Å². The summed E-state index contributed by atoms with van der Waals surface area (Å²) in [6.07, 6.45) is 5.08. The molecule has 1 aromatic carbocycles. The molecule has 0 fully saturated rings. The van der Waals surface area contributed by atoms with Gasteiger partial charge in [-0.1, -0.05) is 25.1 Å². The number of aliphatic imine (C=N–C) groups is 1. The molecule has 2 nitrogen and oxygen atoms in total. The lowest BCUT2D eigenvalue weighted by atomic mass is 9.86. The zero-order valence-corrected chi connectivity index (χ0v) is 9.73. The van der Waals surface area contributed by atoms with Gasteiger partial charge in [-0.2, -0.15) is 0 Å². The third-order valence-corrected chi connectivity index (χ3v) is 3.32. The summed E-state index contributed by atoms with van der Waals surface area (Å²) in [5.41, 5.74) is 5.22. The predicted molar refractivity (Wildman–Crippen MR) is 68.7 cm³/mol. The van der Waals surface area contributed by atoms with Crippen molar-refractivity contribution in [1.29, 1.82) is 0 Å². The molecule has 0 atom stereocenters. The van der Waals surface area contributed by atoms with Crippen molar-refractivity contribution in [3.8, 4) is 0 Å². The molecule has 0 saturated heterocycles. The van der Waals surface area contributed by atoms with Crippen molar-refractivity contribution in [2.75, 3.05) is 0 Å². The second kappa shape index (κ2) is 3.81. The summed E-state index contributed by atoms with van der Waals surface area (Å²) in [5, 5.41) is 0. The van der Waals surface area contributed by atoms with Crippen LogP contribution in [0.2, 0.25) is 0 Å². The first-order valence-electron chi connectivity index (χ1n) is 5.91. The van der Waals surface area contributed by atoms with Gasteiger partial charge in [0.2, 0.25) is 0 Å². The molecule has 0 spiro atoms. The number of hydrogen-bond acceptors (Lipinski definition) is 2. The van der Waals surface area contributed by atoms with E-state index in [1.807, 2.05) is 31.2 Å². The Bertz CT molecular complexity index is 591. The van der Waals surface area contributed by atoms with Crippen LogP contribution in [-0.2, 0) is 11.2 Å². The third kappa shape index (κ3) is 1.57. The molecule has 1 aliphatic carbocycles. The molecule has 2 heteroatoms. The molecule has 0 radical (unpaired) electrons. The van der Waals surface area contributed by atoms with Crippen molar-refractivity contribution in [3.63, 3.8) is 0 Å². The van der Waals surface area contributed by atoms with Gasteiger partial charge in [-0.25, -0.2) is 4.99 Å². The first kappa shape index (κ1) is 10.2. The highest BCUT2D eigenvalue weighted by Crippen LogP contribution is 2.32. The Hall–Kier alpha value is -1.96. The summed E-state index contributed by atoms with van der Waals surface area (Å²) in [6, 6.07) is 8.12. The maximum atomic E-state index is 11.8. The van der Waals surface area contributed by atoms with E-state index in [-0.39, 0.29) is 5.78 Å². The van der Waals surface area contributed by atoms with Gasteiger partial charge >= 0.3 is 0 Å². The number of fused-ring (bicyclic) bond motifs is 2. The Kier molecular flexibility index (Phi) is 2.29. The van der Waals surface area contributed by atoms with Gasteiger partial charge < -0.3 is 0 Å². The van der Waals surface area contributed by atoms with Crippen molar-refractivity contribution in [2.24, 2.45) is 4.99 Å². The molecule has 0 amide bonds. The average molecular weight is 223 g/mol. The zero-order chi connectivity index (χ0) is 11.8. The first-order chi connectivity index (χ1) is 8.29. The molecule has 3 rings (SSSR count). The number of ketones is 1. The van der Waals surface area contributed by atoms with Crippen LogP contribution >= 0.6 is 0 Å². The molecule has 17 heavy (non-hydrogen) atoms. The van der Waals surface area contributed by atoms with E-state index >= 15 is 0 Å². The molecule has 0 saturated carbocycles. The number of nitrogens with zero attached hydrogens (tertiary/aromatic N) is 1. The molecule has 0 N–H and O–H groups in total. The summed E-state index contributed by atoms with van der Waals surface area (Å²) < 4.78 is 0. The standard InChI is InChI=1S/C15H13NO/c1-2-11-12-9-10-5-3-4-6-13(10)16-14(12)7-8-15(11)17/h3-8H,2,9H2,1H3. The fraction of sp³-hybridized carbons (Fsp3) is 0.200. The lowest BCUT2D eigenvalue weighted by molar-refractivity contribution is -0.111. The molecule has 84 valence electrons. The number of para-hydroxylation sites is 1. The number of carbonyl (C=O) groups excluding carboxylic acids is 1. The number of rotatable bonds is 1. The number of allylic oxidation sites excluding steroid dienone is 4. The van der Waals surface area contributed by atoms with Gasteiger partial charge in [-0.05, 0) is 35.8 Å². The van der Waals surface area contributed by atoms with Crippen LogP contribution in [0.4, 0.5) is 5.69 Å². The third-order valence-electron chi connectivity index (χ3n) is 3.32. The van der Waals surface area contributed by atoms with Gasteiger partial charge in [0.05, 0.1) is 11.4 Å². The molecular weight excluding hydrogens is 210 g/mol. The van der Waals surface area contributed by atoms with E-state index < -0.39 is 0 Å². The summed E-state index contributed by atoms with van der Waals surface area (Å²) in [7, 11) is 0. The lowest BCUT2D eigenvalue weighted by Gasteiger charge is -2.21. The summed E-state index contributed by atoms with van der Waals surface area (Å²) in [4.78, 5) is 16.4. The Labute approximate surface area is 100 Å². The molecule has 1 heterocycles. The van der Waals surface area contributed by atoms with Gasteiger partial charge in [-0.15, -0.1) is 0 Å². The first-order valence-corrected chi connectivity index (χ1v) is 5.91. The van der Waals surface area contributed by atoms with Crippen LogP contribution in [0.5, 0.6) is 0 Å². The van der Waals surface area contributed by atoms with Crippen LogP contribution in [0.1, 0.15) is 18.9 Å². The highest BCUT2D eigenvalue weighted by Gasteiger charge is 2.23. The van der Waals surface area contributed by atoms with Crippen LogP contribution in [-0.4, -0.2) is 11.5 Å². The van der Waals surface area contributed by atoms with Crippen molar-refractivity contribution in [1.82, 2.24) is 0 Å². The van der Waals surface area contributed by atoms with Crippen molar-refractivity contribution in [3.05, 3.63) is 53.1 Å². The molecular formula is C15H13NO. The minimum atomic E-state index is 0.140. The monoisotopic (exact) mass is 223 g/mol. The maximum Gasteiger partial charge on any atom is 0.182 e. The Balaban J connectivity index is 2.19. The Morgan fingerprint density at radius 2 is 2.06 bits per heavy atom. The van der Waals surface area contributed by atoms with Crippen molar-refractivity contribution >= 4 is 17.2 Å². The molecule has 2 aliphatic rings. The number of carbonyl (C=O) groups is 1. The number of benzene rings is 1. The number of hydrogen-bond donors (Lipinski definition) is 0. The molecule has 0 bridgehead atoms. The van der Waals surface area contributed by atoms with Crippen LogP contribution in [0.3, 0.4) is 0 Å². The van der Waals surface area contributed by atoms with Gasteiger partial charge in [0.1, 0.15) is 0 Å². The quantitative estimate of drug-likeness (QED) is 0.672. The van der Waals surface area contributed by atoms with Crippen LogP contribution in [0.15, 0.2) is 52.6 Å². The Morgan fingerprint density at radius 1 is 1.24 bits per heavy atom. The van der Waals surface area contributed by atoms with Gasteiger partial charge in [-0.3, -0.25) is 4.79 Å². The second-order valence-corrected chi connectivity index (χ2v) is 4.31. The minimum absolute atomic E-state index is 0.140. The molecule has 0 unspecified atom stereocenters. The average Bonchev–Trinajstić information content (AvgIpc) is 2.36. The fourth-order valence-electron chi connectivity index (χ4n) is 2.44. The van der Waals surface area contributed by atoms with E-state index in [1.165, 1.54) is 5.56 Å². The van der Waals surface area contributed by atoms with E-state index in [2.05, 4.69) is 11.1 Å². The second-order valence-electron chi connectivity index (χ2n) is 4.31.